The number of hydrogen-bond acceptors (Lipinski definition) is 5. The van der Waals surface area contributed by atoms with Crippen LogP contribution in [0.25, 0.3) is 0 Å². The lowest BCUT2D eigenvalue weighted by Crippen LogP contribution is -2.29. The van der Waals surface area contributed by atoms with Crippen molar-refractivity contribution in [3.05, 3.63) is 71.3 Å². The fourth-order valence-electron chi connectivity index (χ4n) is 3.32. The van der Waals surface area contributed by atoms with E-state index < -0.39 is 6.10 Å². The Morgan fingerprint density at radius 1 is 1.11 bits per heavy atom. The standard InChI is InChI=1S/C23H27NO4/c1-3-26-22(23(25)27-4-2)15-18-11-8-12-19(13-18)21-16-20(28-24-21)14-17-9-6-5-7-10-17/h5-13,20,22H,3-4,14-16H2,1-2H3. The fraction of sp³-hybridized carbons (Fsp3) is 0.391. The molecule has 0 saturated heterocycles. The Kier molecular flexibility index (Phi) is 7.20. The Bertz CT molecular complexity index is 803. The Labute approximate surface area is 166 Å². The normalized spacial score (nSPS) is 16.9. The summed E-state index contributed by atoms with van der Waals surface area (Å²) < 4.78 is 10.7. The van der Waals surface area contributed by atoms with Crippen LogP contribution in [0.2, 0.25) is 0 Å². The first-order chi connectivity index (χ1) is 13.7. The molecule has 0 fully saturated rings. The first-order valence-electron chi connectivity index (χ1n) is 9.83. The van der Waals surface area contributed by atoms with E-state index in [-0.39, 0.29) is 12.1 Å². The predicted octanol–water partition coefficient (Wildman–Crippen LogP) is 3.93. The second-order valence-corrected chi connectivity index (χ2v) is 6.76. The minimum absolute atomic E-state index is 0.0526. The molecule has 0 N–H and O–H groups in total. The van der Waals surface area contributed by atoms with Gasteiger partial charge in [0.05, 0.1) is 12.3 Å². The van der Waals surface area contributed by atoms with E-state index in [9.17, 15) is 4.79 Å². The zero-order valence-corrected chi connectivity index (χ0v) is 16.5. The second kappa shape index (κ2) is 10.0. The SMILES string of the molecule is CCOC(=O)C(Cc1cccc(C2=NOC(Cc3ccccc3)C2)c1)OCC. The number of ether oxygens (including phenoxy) is 2. The number of hydrogen-bond donors (Lipinski definition) is 0. The van der Waals surface area contributed by atoms with Gasteiger partial charge in [-0.3, -0.25) is 0 Å². The largest absolute Gasteiger partial charge is 0.464 e. The Morgan fingerprint density at radius 3 is 2.64 bits per heavy atom. The molecular formula is C23H27NO4. The van der Waals surface area contributed by atoms with Crippen LogP contribution in [-0.4, -0.2) is 37.1 Å². The Balaban J connectivity index is 1.63. The van der Waals surface area contributed by atoms with E-state index in [2.05, 4.69) is 23.4 Å². The Morgan fingerprint density at radius 2 is 1.89 bits per heavy atom. The molecule has 2 aromatic carbocycles. The molecular weight excluding hydrogens is 354 g/mol. The summed E-state index contributed by atoms with van der Waals surface area (Å²) in [6, 6.07) is 18.3. The highest BCUT2D eigenvalue weighted by Gasteiger charge is 2.24. The number of carbonyl (C=O) groups is 1. The van der Waals surface area contributed by atoms with Gasteiger partial charge in [-0.15, -0.1) is 0 Å². The summed E-state index contributed by atoms with van der Waals surface area (Å²) in [4.78, 5) is 17.7. The highest BCUT2D eigenvalue weighted by Crippen LogP contribution is 2.21. The average Bonchev–Trinajstić information content (AvgIpc) is 3.17. The molecule has 2 unspecified atom stereocenters. The van der Waals surface area contributed by atoms with Gasteiger partial charge in [0.1, 0.15) is 6.10 Å². The molecule has 5 heteroatoms. The van der Waals surface area contributed by atoms with E-state index in [4.69, 9.17) is 14.3 Å². The third-order valence-electron chi connectivity index (χ3n) is 4.64. The van der Waals surface area contributed by atoms with Crippen molar-refractivity contribution in [1.82, 2.24) is 0 Å². The van der Waals surface area contributed by atoms with Crippen molar-refractivity contribution < 1.29 is 19.1 Å². The molecule has 2 atom stereocenters. The minimum Gasteiger partial charge on any atom is -0.464 e. The van der Waals surface area contributed by atoms with Gasteiger partial charge in [-0.2, -0.15) is 0 Å². The van der Waals surface area contributed by atoms with E-state index in [1.165, 1.54) is 5.56 Å². The molecule has 0 bridgehead atoms. The molecule has 0 spiro atoms. The van der Waals surface area contributed by atoms with Crippen molar-refractivity contribution in [2.75, 3.05) is 13.2 Å². The van der Waals surface area contributed by atoms with Gasteiger partial charge in [-0.25, -0.2) is 4.79 Å². The molecule has 148 valence electrons. The van der Waals surface area contributed by atoms with Gasteiger partial charge in [0.15, 0.2) is 6.10 Å². The summed E-state index contributed by atoms with van der Waals surface area (Å²) in [5, 5.41) is 4.30. The van der Waals surface area contributed by atoms with Crippen LogP contribution < -0.4 is 0 Å². The number of rotatable bonds is 9. The maximum atomic E-state index is 12.1. The maximum absolute atomic E-state index is 12.1. The van der Waals surface area contributed by atoms with Gasteiger partial charge in [0.2, 0.25) is 0 Å². The van der Waals surface area contributed by atoms with Crippen LogP contribution in [-0.2, 0) is 31.9 Å². The molecule has 0 saturated carbocycles. The van der Waals surface area contributed by atoms with Crippen LogP contribution in [0, 0.1) is 0 Å². The first-order valence-corrected chi connectivity index (χ1v) is 9.83. The number of esters is 1. The van der Waals surface area contributed by atoms with Crippen molar-refractivity contribution >= 4 is 11.7 Å². The molecule has 1 aliphatic heterocycles. The molecule has 2 aromatic rings. The summed E-state index contributed by atoms with van der Waals surface area (Å²) in [5.74, 6) is -0.320. The van der Waals surface area contributed by atoms with Crippen LogP contribution in [0.15, 0.2) is 59.8 Å². The number of benzene rings is 2. The van der Waals surface area contributed by atoms with Gasteiger partial charge in [-0.05, 0) is 36.6 Å². The zero-order valence-electron chi connectivity index (χ0n) is 16.5. The molecule has 0 amide bonds. The van der Waals surface area contributed by atoms with Crippen molar-refractivity contribution in [3.8, 4) is 0 Å². The van der Waals surface area contributed by atoms with Crippen LogP contribution in [0.5, 0.6) is 0 Å². The summed E-state index contributed by atoms with van der Waals surface area (Å²) >= 11 is 0. The van der Waals surface area contributed by atoms with E-state index in [1.54, 1.807) is 6.92 Å². The third-order valence-corrected chi connectivity index (χ3v) is 4.64. The van der Waals surface area contributed by atoms with Crippen LogP contribution >= 0.6 is 0 Å². The van der Waals surface area contributed by atoms with Crippen LogP contribution in [0.3, 0.4) is 0 Å². The van der Waals surface area contributed by atoms with E-state index >= 15 is 0 Å². The Hall–Kier alpha value is -2.66. The van der Waals surface area contributed by atoms with Gasteiger partial charge in [-0.1, -0.05) is 53.7 Å². The van der Waals surface area contributed by atoms with Gasteiger partial charge in [0, 0.05) is 25.9 Å². The topological polar surface area (TPSA) is 57.1 Å². The van der Waals surface area contributed by atoms with Gasteiger partial charge < -0.3 is 14.3 Å². The minimum atomic E-state index is -0.590. The number of carbonyl (C=O) groups excluding carboxylic acids is 1. The lowest BCUT2D eigenvalue weighted by molar-refractivity contribution is -0.156. The zero-order chi connectivity index (χ0) is 19.8. The van der Waals surface area contributed by atoms with Gasteiger partial charge in [0.25, 0.3) is 0 Å². The summed E-state index contributed by atoms with van der Waals surface area (Å²) in [5.41, 5.74) is 4.21. The quantitative estimate of drug-likeness (QED) is 0.618. The van der Waals surface area contributed by atoms with Gasteiger partial charge >= 0.3 is 5.97 Å². The predicted molar refractivity (Wildman–Crippen MR) is 108 cm³/mol. The molecule has 1 aliphatic rings. The van der Waals surface area contributed by atoms with E-state index in [0.717, 1.165) is 29.7 Å². The smallest absolute Gasteiger partial charge is 0.335 e. The van der Waals surface area contributed by atoms with Crippen molar-refractivity contribution in [3.63, 3.8) is 0 Å². The summed E-state index contributed by atoms with van der Waals surface area (Å²) in [6.45, 7) is 4.48. The fourth-order valence-corrected chi connectivity index (χ4v) is 3.32. The second-order valence-electron chi connectivity index (χ2n) is 6.76. The van der Waals surface area contributed by atoms with Crippen LogP contribution in [0.4, 0.5) is 0 Å². The number of nitrogens with zero attached hydrogens (tertiary/aromatic N) is 1. The molecule has 0 aromatic heterocycles. The van der Waals surface area contributed by atoms with E-state index in [0.29, 0.717) is 19.6 Å². The number of oxime groups is 1. The average molecular weight is 381 g/mol. The van der Waals surface area contributed by atoms with Crippen molar-refractivity contribution in [1.29, 1.82) is 0 Å². The van der Waals surface area contributed by atoms with Crippen molar-refractivity contribution in [2.45, 2.75) is 45.3 Å². The van der Waals surface area contributed by atoms with Crippen molar-refractivity contribution in [2.24, 2.45) is 5.16 Å². The molecule has 1 heterocycles. The molecule has 28 heavy (non-hydrogen) atoms. The third kappa shape index (κ3) is 5.42. The summed E-state index contributed by atoms with van der Waals surface area (Å²) in [6.07, 6.45) is 1.54. The molecule has 5 nitrogen and oxygen atoms in total. The monoisotopic (exact) mass is 381 g/mol. The highest BCUT2D eigenvalue weighted by atomic mass is 16.6. The lowest BCUT2D eigenvalue weighted by Gasteiger charge is -2.16. The van der Waals surface area contributed by atoms with Crippen LogP contribution in [0.1, 0.15) is 37.0 Å². The highest BCUT2D eigenvalue weighted by molar-refractivity contribution is 6.01. The summed E-state index contributed by atoms with van der Waals surface area (Å²) in [7, 11) is 0. The molecule has 0 radical (unpaired) electrons. The van der Waals surface area contributed by atoms with E-state index in [1.807, 2.05) is 43.3 Å². The lowest BCUT2D eigenvalue weighted by atomic mass is 9.98. The molecule has 0 aliphatic carbocycles. The maximum Gasteiger partial charge on any atom is 0.335 e. The first kappa shape index (κ1) is 20.1. The molecule has 3 rings (SSSR count).